The van der Waals surface area contributed by atoms with Gasteiger partial charge in [0.1, 0.15) is 5.82 Å². The van der Waals surface area contributed by atoms with Gasteiger partial charge in [-0.15, -0.1) is 6.58 Å². The lowest BCUT2D eigenvalue weighted by atomic mass is 10.0. The Labute approximate surface area is 106 Å². The molecule has 17 heavy (non-hydrogen) atoms. The number of rotatable bonds is 3. The highest BCUT2D eigenvalue weighted by molar-refractivity contribution is 6.30. The molecule has 2 nitrogen and oxygen atoms in total. The first kappa shape index (κ1) is 12.6. The number of nitrogens with one attached hydrogen (secondary N) is 1. The normalized spacial score (nSPS) is 18.9. The van der Waals surface area contributed by atoms with Gasteiger partial charge in [-0.05, 0) is 17.7 Å². The average molecular weight is 255 g/mol. The summed E-state index contributed by atoms with van der Waals surface area (Å²) in [5.74, 6) is -0.369. The van der Waals surface area contributed by atoms with Crippen LogP contribution in [0.2, 0.25) is 5.02 Å². The van der Waals surface area contributed by atoms with E-state index in [2.05, 4.69) is 16.8 Å². The van der Waals surface area contributed by atoms with Gasteiger partial charge in [-0.3, -0.25) is 4.90 Å². The molecule has 2 rings (SSSR count). The zero-order chi connectivity index (χ0) is 12.3. The lowest BCUT2D eigenvalue weighted by Gasteiger charge is -2.33. The molecule has 1 N–H and O–H groups in total. The summed E-state index contributed by atoms with van der Waals surface area (Å²) < 4.78 is 13.4. The molecule has 1 aromatic rings. The monoisotopic (exact) mass is 254 g/mol. The molecule has 1 fully saturated rings. The van der Waals surface area contributed by atoms with Gasteiger partial charge < -0.3 is 5.32 Å². The number of hydrogen-bond acceptors (Lipinski definition) is 2. The summed E-state index contributed by atoms with van der Waals surface area (Å²) in [4.78, 5) is 2.28. The van der Waals surface area contributed by atoms with Gasteiger partial charge in [-0.1, -0.05) is 23.7 Å². The molecular formula is C13H16ClFN2. The maximum absolute atomic E-state index is 13.4. The molecule has 1 aliphatic heterocycles. The van der Waals surface area contributed by atoms with Crippen LogP contribution in [-0.4, -0.2) is 31.1 Å². The molecule has 1 aliphatic rings. The highest BCUT2D eigenvalue weighted by atomic mass is 35.5. The fourth-order valence-corrected chi connectivity index (χ4v) is 2.27. The number of benzene rings is 1. The lowest BCUT2D eigenvalue weighted by molar-refractivity contribution is 0.203. The molecule has 0 unspecified atom stereocenters. The predicted molar refractivity (Wildman–Crippen MR) is 68.8 cm³/mol. The third-order valence-corrected chi connectivity index (χ3v) is 3.36. The highest BCUT2D eigenvalue weighted by Crippen LogP contribution is 2.25. The van der Waals surface area contributed by atoms with E-state index in [1.54, 1.807) is 6.07 Å². The molecule has 0 radical (unpaired) electrons. The van der Waals surface area contributed by atoms with Crippen molar-refractivity contribution in [2.24, 2.45) is 0 Å². The first-order valence-corrected chi connectivity index (χ1v) is 6.12. The summed E-state index contributed by atoms with van der Waals surface area (Å²) in [7, 11) is 0. The van der Waals surface area contributed by atoms with Crippen molar-refractivity contribution in [1.29, 1.82) is 0 Å². The van der Waals surface area contributed by atoms with Crippen molar-refractivity contribution < 1.29 is 4.39 Å². The Bertz CT molecular complexity index is 402. The minimum Gasteiger partial charge on any atom is -0.314 e. The van der Waals surface area contributed by atoms with Crippen molar-refractivity contribution >= 4 is 11.6 Å². The second-order valence-corrected chi connectivity index (χ2v) is 4.55. The summed E-state index contributed by atoms with van der Waals surface area (Å²) in [5.41, 5.74) is 0.906. The maximum atomic E-state index is 13.4. The van der Waals surface area contributed by atoms with Crippen LogP contribution in [0.1, 0.15) is 11.6 Å². The first-order valence-electron chi connectivity index (χ1n) is 5.74. The van der Waals surface area contributed by atoms with Crippen molar-refractivity contribution in [3.63, 3.8) is 0 Å². The van der Waals surface area contributed by atoms with Crippen LogP contribution in [0.15, 0.2) is 30.9 Å². The van der Waals surface area contributed by atoms with Gasteiger partial charge in [0.15, 0.2) is 0 Å². The standard InChI is InChI=1S/C13H16ClFN2/c1-2-13(17-7-5-16-6-8-17)10-3-4-11(14)12(15)9-10/h2-4,9,13,16H,1,5-8H2/t13-/m0/s1. The lowest BCUT2D eigenvalue weighted by Crippen LogP contribution is -2.44. The van der Waals surface area contributed by atoms with Gasteiger partial charge in [0.25, 0.3) is 0 Å². The van der Waals surface area contributed by atoms with Gasteiger partial charge >= 0.3 is 0 Å². The molecule has 1 atom stereocenters. The van der Waals surface area contributed by atoms with Crippen molar-refractivity contribution in [2.45, 2.75) is 6.04 Å². The van der Waals surface area contributed by atoms with E-state index in [1.165, 1.54) is 6.07 Å². The molecule has 1 saturated heterocycles. The van der Waals surface area contributed by atoms with Crippen LogP contribution in [0.3, 0.4) is 0 Å². The topological polar surface area (TPSA) is 15.3 Å². The Morgan fingerprint density at radius 2 is 2.12 bits per heavy atom. The van der Waals surface area contributed by atoms with Crippen LogP contribution in [0.5, 0.6) is 0 Å². The number of halogens is 2. The van der Waals surface area contributed by atoms with Crippen LogP contribution < -0.4 is 5.32 Å². The molecule has 0 aromatic heterocycles. The van der Waals surface area contributed by atoms with E-state index in [9.17, 15) is 4.39 Å². The molecule has 0 amide bonds. The number of piperazine rings is 1. The van der Waals surface area contributed by atoms with Gasteiger partial charge in [0.2, 0.25) is 0 Å². The maximum Gasteiger partial charge on any atom is 0.142 e. The Morgan fingerprint density at radius 3 is 2.71 bits per heavy atom. The molecule has 1 aromatic carbocycles. The molecular weight excluding hydrogens is 239 g/mol. The van der Waals surface area contributed by atoms with E-state index in [-0.39, 0.29) is 16.9 Å². The SMILES string of the molecule is C=C[C@@H](c1ccc(Cl)c(F)c1)N1CCNCC1. The minimum atomic E-state index is -0.369. The van der Waals surface area contributed by atoms with Gasteiger partial charge in [0.05, 0.1) is 11.1 Å². The van der Waals surface area contributed by atoms with Crippen LogP contribution in [-0.2, 0) is 0 Å². The zero-order valence-electron chi connectivity index (χ0n) is 9.63. The van der Waals surface area contributed by atoms with Crippen LogP contribution in [0.25, 0.3) is 0 Å². The van der Waals surface area contributed by atoms with Crippen molar-refractivity contribution in [3.8, 4) is 0 Å². The van der Waals surface area contributed by atoms with E-state index in [0.717, 1.165) is 31.7 Å². The zero-order valence-corrected chi connectivity index (χ0v) is 10.4. The van der Waals surface area contributed by atoms with E-state index >= 15 is 0 Å². The number of nitrogens with zero attached hydrogens (tertiary/aromatic N) is 1. The summed E-state index contributed by atoms with van der Waals surface area (Å²) in [6, 6.07) is 5.02. The third-order valence-electron chi connectivity index (χ3n) is 3.05. The smallest absolute Gasteiger partial charge is 0.142 e. The molecule has 92 valence electrons. The second kappa shape index (κ2) is 5.63. The number of hydrogen-bond donors (Lipinski definition) is 1. The van der Waals surface area contributed by atoms with E-state index < -0.39 is 0 Å². The minimum absolute atomic E-state index is 0.0591. The molecule has 0 bridgehead atoms. The Balaban J connectivity index is 2.21. The van der Waals surface area contributed by atoms with Crippen molar-refractivity contribution in [2.75, 3.05) is 26.2 Å². The molecule has 1 heterocycles. The van der Waals surface area contributed by atoms with E-state index in [4.69, 9.17) is 11.6 Å². The van der Waals surface area contributed by atoms with Gasteiger partial charge in [-0.2, -0.15) is 0 Å². The third kappa shape index (κ3) is 2.86. The fraction of sp³-hybridized carbons (Fsp3) is 0.385. The van der Waals surface area contributed by atoms with E-state index in [1.807, 2.05) is 12.1 Å². The molecule has 0 aliphatic carbocycles. The molecule has 0 spiro atoms. The quantitative estimate of drug-likeness (QED) is 0.835. The summed E-state index contributed by atoms with van der Waals surface area (Å²) in [6.45, 7) is 7.66. The Hall–Kier alpha value is -0.900. The molecule has 4 heteroatoms. The van der Waals surface area contributed by atoms with Crippen LogP contribution in [0.4, 0.5) is 4.39 Å². The highest BCUT2D eigenvalue weighted by Gasteiger charge is 2.20. The van der Waals surface area contributed by atoms with Gasteiger partial charge in [-0.25, -0.2) is 4.39 Å². The average Bonchev–Trinajstić information content (AvgIpc) is 2.36. The van der Waals surface area contributed by atoms with Crippen LogP contribution >= 0.6 is 11.6 Å². The second-order valence-electron chi connectivity index (χ2n) is 4.14. The van der Waals surface area contributed by atoms with Crippen LogP contribution in [0, 0.1) is 5.82 Å². The summed E-state index contributed by atoms with van der Waals surface area (Å²) in [5, 5.41) is 3.46. The predicted octanol–water partition coefficient (Wildman–Crippen LogP) is 2.61. The van der Waals surface area contributed by atoms with Crippen molar-refractivity contribution in [3.05, 3.63) is 47.3 Å². The largest absolute Gasteiger partial charge is 0.314 e. The van der Waals surface area contributed by atoms with Gasteiger partial charge in [0, 0.05) is 26.2 Å². The first-order chi connectivity index (χ1) is 8.22. The van der Waals surface area contributed by atoms with Crippen molar-refractivity contribution in [1.82, 2.24) is 10.2 Å². The Kier molecular flexibility index (Phi) is 4.15. The van der Waals surface area contributed by atoms with E-state index in [0.29, 0.717) is 0 Å². The summed E-state index contributed by atoms with van der Waals surface area (Å²) >= 11 is 5.69. The Morgan fingerprint density at radius 1 is 1.41 bits per heavy atom. The summed E-state index contributed by atoms with van der Waals surface area (Å²) in [6.07, 6.45) is 1.86. The molecule has 0 saturated carbocycles. The fourth-order valence-electron chi connectivity index (χ4n) is 2.15.